The highest BCUT2D eigenvalue weighted by Crippen LogP contribution is 2.39. The third-order valence-corrected chi connectivity index (χ3v) is 4.91. The Kier molecular flexibility index (Phi) is 8.50. The maximum absolute atomic E-state index is 12.5. The average molecular weight is 396 g/mol. The number of benzene rings is 1. The standard InChI is InChI=1S/C16H23FN2O.C4H6O4/c1-12-14-4-7-18-6-3-13(14)11-15-16(12)19(8-2-5-17)9-10-20-15;5-3(6)1-2-4(7)8/h11,18H,2-10H2,1H3;1-2H2,(H,5,6)(H,7,8). The van der Waals surface area contributed by atoms with Gasteiger partial charge in [-0.1, -0.05) is 0 Å². The number of carboxylic acids is 2. The third kappa shape index (κ3) is 6.09. The van der Waals surface area contributed by atoms with Crippen molar-refractivity contribution < 1.29 is 28.9 Å². The summed E-state index contributed by atoms with van der Waals surface area (Å²) in [4.78, 5) is 21.6. The zero-order chi connectivity index (χ0) is 20.5. The van der Waals surface area contributed by atoms with E-state index in [0.29, 0.717) is 13.0 Å². The van der Waals surface area contributed by atoms with Crippen LogP contribution in [0.2, 0.25) is 0 Å². The van der Waals surface area contributed by atoms with E-state index in [2.05, 4.69) is 23.2 Å². The molecule has 2 heterocycles. The molecule has 3 rings (SSSR count). The number of anilines is 1. The first kappa shape index (κ1) is 21.9. The van der Waals surface area contributed by atoms with Crippen molar-refractivity contribution in [1.29, 1.82) is 0 Å². The molecule has 28 heavy (non-hydrogen) atoms. The zero-order valence-electron chi connectivity index (χ0n) is 16.3. The Hall–Kier alpha value is -2.35. The van der Waals surface area contributed by atoms with E-state index in [9.17, 15) is 14.0 Å². The van der Waals surface area contributed by atoms with Gasteiger partial charge in [0.05, 0.1) is 31.7 Å². The number of carboxylic acid groups (broad SMARTS) is 2. The Bertz CT molecular complexity index is 682. The summed E-state index contributed by atoms with van der Waals surface area (Å²) >= 11 is 0. The van der Waals surface area contributed by atoms with Crippen molar-refractivity contribution in [3.8, 4) is 5.75 Å². The van der Waals surface area contributed by atoms with Gasteiger partial charge in [-0.15, -0.1) is 0 Å². The molecule has 2 aliphatic rings. The lowest BCUT2D eigenvalue weighted by molar-refractivity contribution is -0.143. The number of hydrogen-bond donors (Lipinski definition) is 3. The topological polar surface area (TPSA) is 99.1 Å². The molecule has 7 nitrogen and oxygen atoms in total. The van der Waals surface area contributed by atoms with Crippen molar-refractivity contribution >= 4 is 17.6 Å². The Balaban J connectivity index is 0.000000300. The van der Waals surface area contributed by atoms with Gasteiger partial charge in [0.2, 0.25) is 0 Å². The predicted molar refractivity (Wildman–Crippen MR) is 104 cm³/mol. The predicted octanol–water partition coefficient (Wildman–Crippen LogP) is 2.18. The van der Waals surface area contributed by atoms with Crippen LogP contribution in [0.4, 0.5) is 10.1 Å². The minimum atomic E-state index is -1.08. The molecule has 3 N–H and O–H groups in total. The number of ether oxygens (including phenoxy) is 1. The van der Waals surface area contributed by atoms with Crippen LogP contribution in [0.3, 0.4) is 0 Å². The van der Waals surface area contributed by atoms with Crippen LogP contribution in [0.25, 0.3) is 0 Å². The molecular weight excluding hydrogens is 367 g/mol. The van der Waals surface area contributed by atoms with Crippen molar-refractivity contribution in [2.75, 3.05) is 44.4 Å². The Labute approximate surface area is 164 Å². The summed E-state index contributed by atoms with van der Waals surface area (Å²) in [6, 6.07) is 2.21. The minimum absolute atomic E-state index is 0.249. The molecule has 0 fully saturated rings. The fourth-order valence-corrected chi connectivity index (χ4v) is 3.58. The highest BCUT2D eigenvalue weighted by atomic mass is 19.1. The second kappa shape index (κ2) is 10.8. The fraction of sp³-hybridized carbons (Fsp3) is 0.600. The number of rotatable bonds is 6. The van der Waals surface area contributed by atoms with E-state index in [-0.39, 0.29) is 19.5 Å². The van der Waals surface area contributed by atoms with Crippen LogP contribution in [0.5, 0.6) is 5.75 Å². The van der Waals surface area contributed by atoms with Crippen molar-refractivity contribution in [2.24, 2.45) is 0 Å². The molecule has 8 heteroatoms. The Morgan fingerprint density at radius 3 is 2.54 bits per heavy atom. The van der Waals surface area contributed by atoms with Gasteiger partial charge in [0.25, 0.3) is 0 Å². The fourth-order valence-electron chi connectivity index (χ4n) is 3.58. The van der Waals surface area contributed by atoms with Crippen molar-refractivity contribution in [2.45, 2.75) is 39.0 Å². The average Bonchev–Trinajstić information content (AvgIpc) is 2.91. The van der Waals surface area contributed by atoms with E-state index in [4.69, 9.17) is 14.9 Å². The normalized spacial score (nSPS) is 15.3. The van der Waals surface area contributed by atoms with Crippen LogP contribution < -0.4 is 15.0 Å². The first-order valence-electron chi connectivity index (χ1n) is 9.67. The highest BCUT2D eigenvalue weighted by Gasteiger charge is 2.24. The second-order valence-corrected chi connectivity index (χ2v) is 6.90. The number of halogens is 1. The molecule has 0 aliphatic carbocycles. The highest BCUT2D eigenvalue weighted by molar-refractivity contribution is 5.75. The van der Waals surface area contributed by atoms with Gasteiger partial charge in [-0.2, -0.15) is 0 Å². The molecule has 0 saturated heterocycles. The smallest absolute Gasteiger partial charge is 0.303 e. The second-order valence-electron chi connectivity index (χ2n) is 6.90. The van der Waals surface area contributed by atoms with Crippen LogP contribution in [0.1, 0.15) is 36.0 Å². The molecule has 1 aromatic carbocycles. The molecule has 0 aromatic heterocycles. The zero-order valence-corrected chi connectivity index (χ0v) is 16.3. The van der Waals surface area contributed by atoms with E-state index in [1.807, 2.05) is 0 Å². The van der Waals surface area contributed by atoms with Gasteiger partial charge in [0, 0.05) is 6.54 Å². The molecular formula is C20H29FN2O5. The lowest BCUT2D eigenvalue weighted by Gasteiger charge is -2.34. The minimum Gasteiger partial charge on any atom is -0.490 e. The Morgan fingerprint density at radius 2 is 1.89 bits per heavy atom. The summed E-state index contributed by atoms with van der Waals surface area (Å²) in [7, 11) is 0. The van der Waals surface area contributed by atoms with E-state index in [1.54, 1.807) is 0 Å². The van der Waals surface area contributed by atoms with Gasteiger partial charge in [0.15, 0.2) is 0 Å². The quantitative estimate of drug-likeness (QED) is 0.678. The molecule has 0 radical (unpaired) electrons. The first-order chi connectivity index (χ1) is 13.4. The SMILES string of the molecule is Cc1c2c(cc3c1N(CCCF)CCO3)CCNCC2.O=C(O)CCC(=O)O. The largest absolute Gasteiger partial charge is 0.490 e. The Morgan fingerprint density at radius 1 is 1.21 bits per heavy atom. The lowest BCUT2D eigenvalue weighted by Crippen LogP contribution is -2.34. The van der Waals surface area contributed by atoms with Crippen LogP contribution >= 0.6 is 0 Å². The molecule has 0 amide bonds. The van der Waals surface area contributed by atoms with E-state index < -0.39 is 11.9 Å². The molecule has 0 unspecified atom stereocenters. The van der Waals surface area contributed by atoms with Gasteiger partial charge in [-0.05, 0) is 62.0 Å². The molecule has 156 valence electrons. The molecule has 1 aromatic rings. The van der Waals surface area contributed by atoms with Crippen LogP contribution in [-0.4, -0.2) is 61.6 Å². The van der Waals surface area contributed by atoms with Crippen molar-refractivity contribution in [3.63, 3.8) is 0 Å². The number of alkyl halides is 1. The van der Waals surface area contributed by atoms with Gasteiger partial charge < -0.3 is 25.2 Å². The first-order valence-corrected chi connectivity index (χ1v) is 9.67. The van der Waals surface area contributed by atoms with E-state index >= 15 is 0 Å². The summed E-state index contributed by atoms with van der Waals surface area (Å²) in [5.74, 6) is -1.16. The molecule has 2 aliphatic heterocycles. The van der Waals surface area contributed by atoms with Crippen LogP contribution in [0.15, 0.2) is 6.07 Å². The van der Waals surface area contributed by atoms with Crippen LogP contribution in [0, 0.1) is 6.92 Å². The number of nitrogens with zero attached hydrogens (tertiary/aromatic N) is 1. The third-order valence-electron chi connectivity index (χ3n) is 4.91. The number of nitrogens with one attached hydrogen (secondary N) is 1. The van der Waals surface area contributed by atoms with E-state index in [1.165, 1.54) is 22.4 Å². The lowest BCUT2D eigenvalue weighted by atomic mass is 9.94. The van der Waals surface area contributed by atoms with Crippen molar-refractivity contribution in [3.05, 3.63) is 22.8 Å². The van der Waals surface area contributed by atoms with Crippen LogP contribution in [-0.2, 0) is 22.4 Å². The van der Waals surface area contributed by atoms with E-state index in [0.717, 1.165) is 44.8 Å². The molecule has 0 atom stereocenters. The van der Waals surface area contributed by atoms with Crippen molar-refractivity contribution in [1.82, 2.24) is 5.32 Å². The summed E-state index contributed by atoms with van der Waals surface area (Å²) in [6.45, 7) is 6.38. The summed E-state index contributed by atoms with van der Waals surface area (Å²) in [6.07, 6.45) is 2.14. The summed E-state index contributed by atoms with van der Waals surface area (Å²) in [5, 5.41) is 19.3. The van der Waals surface area contributed by atoms with Gasteiger partial charge in [-0.3, -0.25) is 14.0 Å². The molecule has 0 bridgehead atoms. The monoisotopic (exact) mass is 396 g/mol. The van der Waals surface area contributed by atoms with Gasteiger partial charge >= 0.3 is 11.9 Å². The number of carbonyl (C=O) groups is 2. The number of hydrogen-bond acceptors (Lipinski definition) is 5. The number of fused-ring (bicyclic) bond motifs is 2. The maximum Gasteiger partial charge on any atom is 0.303 e. The summed E-state index contributed by atoms with van der Waals surface area (Å²) in [5.41, 5.74) is 5.41. The maximum atomic E-state index is 12.5. The van der Waals surface area contributed by atoms with Gasteiger partial charge in [-0.25, -0.2) is 0 Å². The number of aliphatic carboxylic acids is 2. The molecule has 0 saturated carbocycles. The molecule has 0 spiro atoms. The summed E-state index contributed by atoms with van der Waals surface area (Å²) < 4.78 is 18.4. The van der Waals surface area contributed by atoms with Gasteiger partial charge in [0.1, 0.15) is 12.4 Å².